The smallest absolute Gasteiger partial charge is 0.246 e. The standard InChI is InChI=1S/C19H37N3O6/c1-16(19(20)24)6-4-5-7-21-17(2)14-27-13-12-26-9-8-22-18(23)15-28-11-10-25-3/h16,21H,2,4-15H2,1,3H3,(H2,20,24)(H,22,23)/t16-/m0/s1. The molecule has 0 radical (unpaired) electrons. The molecule has 0 fully saturated rings. The maximum absolute atomic E-state index is 11.4. The Morgan fingerprint density at radius 1 is 0.929 bits per heavy atom. The van der Waals surface area contributed by atoms with Crippen molar-refractivity contribution >= 4 is 11.8 Å². The Balaban J connectivity index is 3.34. The number of rotatable bonds is 20. The van der Waals surface area contributed by atoms with Gasteiger partial charge in [0.25, 0.3) is 0 Å². The molecule has 4 N–H and O–H groups in total. The number of carbonyl (C=O) groups is 2. The van der Waals surface area contributed by atoms with Crippen LogP contribution in [-0.2, 0) is 28.5 Å². The van der Waals surface area contributed by atoms with Crippen molar-refractivity contribution in [1.29, 1.82) is 0 Å². The van der Waals surface area contributed by atoms with Gasteiger partial charge in [0.2, 0.25) is 11.8 Å². The molecule has 0 aliphatic heterocycles. The molecule has 9 heteroatoms. The monoisotopic (exact) mass is 403 g/mol. The normalized spacial score (nSPS) is 11.8. The van der Waals surface area contributed by atoms with Crippen molar-refractivity contribution in [2.45, 2.75) is 26.2 Å². The molecule has 0 rings (SSSR count). The number of nitrogens with two attached hydrogens (primary N) is 1. The third kappa shape index (κ3) is 17.7. The number of amides is 2. The second-order valence-corrected chi connectivity index (χ2v) is 6.39. The summed E-state index contributed by atoms with van der Waals surface area (Å²) in [6.07, 6.45) is 2.69. The van der Waals surface area contributed by atoms with Gasteiger partial charge >= 0.3 is 0 Å². The molecule has 0 saturated carbocycles. The Hall–Kier alpha value is -1.68. The van der Waals surface area contributed by atoms with Gasteiger partial charge in [-0.2, -0.15) is 0 Å². The van der Waals surface area contributed by atoms with Gasteiger partial charge in [0.1, 0.15) is 6.61 Å². The fourth-order valence-electron chi connectivity index (χ4n) is 2.07. The number of ether oxygens (including phenoxy) is 4. The summed E-state index contributed by atoms with van der Waals surface area (Å²) >= 11 is 0. The summed E-state index contributed by atoms with van der Waals surface area (Å²) in [5.74, 6) is -0.501. The Morgan fingerprint density at radius 2 is 1.61 bits per heavy atom. The van der Waals surface area contributed by atoms with Crippen LogP contribution < -0.4 is 16.4 Å². The summed E-state index contributed by atoms with van der Waals surface area (Å²) in [4.78, 5) is 22.3. The zero-order valence-corrected chi connectivity index (χ0v) is 17.3. The van der Waals surface area contributed by atoms with Crippen molar-refractivity contribution in [3.05, 3.63) is 12.3 Å². The zero-order chi connectivity index (χ0) is 21.0. The van der Waals surface area contributed by atoms with Gasteiger partial charge in [0.15, 0.2) is 0 Å². The quantitative estimate of drug-likeness (QED) is 0.248. The van der Waals surface area contributed by atoms with Gasteiger partial charge in [-0.25, -0.2) is 0 Å². The lowest BCUT2D eigenvalue weighted by molar-refractivity contribution is -0.126. The average molecular weight is 404 g/mol. The highest BCUT2D eigenvalue weighted by atomic mass is 16.5. The van der Waals surface area contributed by atoms with Gasteiger partial charge in [0.05, 0.1) is 39.6 Å². The van der Waals surface area contributed by atoms with Crippen LogP contribution in [-0.4, -0.2) is 78.3 Å². The highest BCUT2D eigenvalue weighted by molar-refractivity contribution is 5.77. The molecule has 0 aliphatic rings. The fraction of sp³-hybridized carbons (Fsp3) is 0.789. The molecular weight excluding hydrogens is 366 g/mol. The summed E-state index contributed by atoms with van der Waals surface area (Å²) in [5, 5.41) is 5.89. The molecule has 0 aromatic heterocycles. The second kappa shape index (κ2) is 18.7. The van der Waals surface area contributed by atoms with E-state index in [0.29, 0.717) is 46.2 Å². The Kier molecular flexibility index (Phi) is 17.6. The van der Waals surface area contributed by atoms with Crippen molar-refractivity contribution in [2.75, 3.05) is 66.4 Å². The minimum Gasteiger partial charge on any atom is -0.387 e. The predicted molar refractivity (Wildman–Crippen MR) is 107 cm³/mol. The van der Waals surface area contributed by atoms with E-state index >= 15 is 0 Å². The van der Waals surface area contributed by atoms with Gasteiger partial charge < -0.3 is 35.3 Å². The highest BCUT2D eigenvalue weighted by Gasteiger charge is 2.07. The first-order valence-electron chi connectivity index (χ1n) is 9.67. The third-order valence-electron chi connectivity index (χ3n) is 3.81. The van der Waals surface area contributed by atoms with Gasteiger partial charge in [-0.05, 0) is 12.8 Å². The van der Waals surface area contributed by atoms with E-state index in [1.807, 2.05) is 6.92 Å². The van der Waals surface area contributed by atoms with Crippen molar-refractivity contribution in [3.63, 3.8) is 0 Å². The number of unbranched alkanes of at least 4 members (excludes halogenated alkanes) is 1. The maximum atomic E-state index is 11.4. The molecule has 2 amide bonds. The third-order valence-corrected chi connectivity index (χ3v) is 3.81. The van der Waals surface area contributed by atoms with Gasteiger partial charge in [-0.15, -0.1) is 0 Å². The minimum absolute atomic E-state index is 0.0196. The Bertz CT molecular complexity index is 434. The lowest BCUT2D eigenvalue weighted by Crippen LogP contribution is -2.31. The highest BCUT2D eigenvalue weighted by Crippen LogP contribution is 2.06. The first-order chi connectivity index (χ1) is 13.5. The molecule has 0 aromatic rings. The number of carbonyl (C=O) groups excluding carboxylic acids is 2. The molecule has 0 unspecified atom stereocenters. The largest absolute Gasteiger partial charge is 0.387 e. The molecule has 0 aliphatic carbocycles. The fourth-order valence-corrected chi connectivity index (χ4v) is 2.07. The van der Waals surface area contributed by atoms with E-state index in [9.17, 15) is 9.59 Å². The lowest BCUT2D eigenvalue weighted by atomic mass is 10.0. The molecule has 0 spiro atoms. The average Bonchev–Trinajstić information content (AvgIpc) is 2.66. The van der Waals surface area contributed by atoms with E-state index in [-0.39, 0.29) is 24.3 Å². The maximum Gasteiger partial charge on any atom is 0.246 e. The van der Waals surface area contributed by atoms with E-state index in [1.165, 1.54) is 0 Å². The summed E-state index contributed by atoms with van der Waals surface area (Å²) in [6.45, 7) is 9.56. The van der Waals surface area contributed by atoms with Crippen LogP contribution in [0.1, 0.15) is 26.2 Å². The van der Waals surface area contributed by atoms with Crippen LogP contribution in [0.15, 0.2) is 12.3 Å². The van der Waals surface area contributed by atoms with Crippen molar-refractivity contribution in [3.8, 4) is 0 Å². The van der Waals surface area contributed by atoms with Crippen molar-refractivity contribution in [1.82, 2.24) is 10.6 Å². The van der Waals surface area contributed by atoms with Gasteiger partial charge in [-0.1, -0.05) is 19.9 Å². The number of primary amides is 1. The molecule has 0 aromatic carbocycles. The summed E-state index contributed by atoms with van der Waals surface area (Å²) in [5.41, 5.74) is 6.03. The summed E-state index contributed by atoms with van der Waals surface area (Å²) in [7, 11) is 1.58. The van der Waals surface area contributed by atoms with Crippen LogP contribution in [0, 0.1) is 5.92 Å². The lowest BCUT2D eigenvalue weighted by Gasteiger charge is -2.11. The van der Waals surface area contributed by atoms with Crippen LogP contribution in [0.25, 0.3) is 0 Å². The number of nitrogens with one attached hydrogen (secondary N) is 2. The van der Waals surface area contributed by atoms with E-state index < -0.39 is 0 Å². The van der Waals surface area contributed by atoms with Crippen molar-refractivity contribution < 1.29 is 28.5 Å². The second-order valence-electron chi connectivity index (χ2n) is 6.39. The van der Waals surface area contributed by atoms with Crippen LogP contribution >= 0.6 is 0 Å². The van der Waals surface area contributed by atoms with Crippen LogP contribution in [0.2, 0.25) is 0 Å². The van der Waals surface area contributed by atoms with Crippen molar-refractivity contribution in [2.24, 2.45) is 11.7 Å². The summed E-state index contributed by atoms with van der Waals surface area (Å²) in [6, 6.07) is 0. The molecule has 0 saturated heterocycles. The molecule has 28 heavy (non-hydrogen) atoms. The SMILES string of the molecule is C=C(COCCOCCNC(=O)COCCOC)NCCCC[C@H](C)C(N)=O. The minimum atomic E-state index is -0.248. The Labute approximate surface area is 168 Å². The molecule has 0 bridgehead atoms. The first kappa shape index (κ1) is 26.3. The molecule has 164 valence electrons. The van der Waals surface area contributed by atoms with Crippen LogP contribution in [0.3, 0.4) is 0 Å². The van der Waals surface area contributed by atoms with Crippen LogP contribution in [0.5, 0.6) is 0 Å². The van der Waals surface area contributed by atoms with Crippen LogP contribution in [0.4, 0.5) is 0 Å². The predicted octanol–water partition coefficient (Wildman–Crippen LogP) is 0.194. The van der Waals surface area contributed by atoms with Gasteiger partial charge in [-0.3, -0.25) is 9.59 Å². The molecular formula is C19H37N3O6. The zero-order valence-electron chi connectivity index (χ0n) is 17.3. The number of hydrogen-bond acceptors (Lipinski definition) is 7. The first-order valence-corrected chi connectivity index (χ1v) is 9.67. The Morgan fingerprint density at radius 3 is 2.32 bits per heavy atom. The summed E-state index contributed by atoms with van der Waals surface area (Å²) < 4.78 is 20.7. The number of methoxy groups -OCH3 is 1. The van der Waals surface area contributed by atoms with E-state index in [4.69, 9.17) is 24.7 Å². The molecule has 9 nitrogen and oxygen atoms in total. The molecule has 0 heterocycles. The van der Waals surface area contributed by atoms with E-state index in [2.05, 4.69) is 17.2 Å². The van der Waals surface area contributed by atoms with E-state index in [1.54, 1.807) is 7.11 Å². The van der Waals surface area contributed by atoms with E-state index in [0.717, 1.165) is 31.5 Å². The van der Waals surface area contributed by atoms with Gasteiger partial charge in [0, 0.05) is 31.8 Å². The molecule has 1 atom stereocenters. The number of hydrogen-bond donors (Lipinski definition) is 3. The topological polar surface area (TPSA) is 121 Å².